The van der Waals surface area contributed by atoms with E-state index in [4.69, 9.17) is 4.52 Å². The predicted octanol–water partition coefficient (Wildman–Crippen LogP) is 2.14. The number of rotatable bonds is 3. The van der Waals surface area contributed by atoms with E-state index < -0.39 is 0 Å². The molecule has 1 aromatic heterocycles. The van der Waals surface area contributed by atoms with Crippen molar-refractivity contribution in [3.63, 3.8) is 0 Å². The van der Waals surface area contributed by atoms with Gasteiger partial charge < -0.3 is 9.42 Å². The Hall–Kier alpha value is -2.17. The van der Waals surface area contributed by atoms with Gasteiger partial charge in [-0.3, -0.25) is 4.79 Å². The maximum atomic E-state index is 11.4. The molecule has 1 aliphatic heterocycles. The van der Waals surface area contributed by atoms with Crippen molar-refractivity contribution in [3.05, 3.63) is 41.0 Å². The molecule has 0 spiro atoms. The summed E-state index contributed by atoms with van der Waals surface area (Å²) < 4.78 is 4.98. The van der Waals surface area contributed by atoms with Crippen LogP contribution in [0.3, 0.4) is 0 Å². The molecule has 0 aliphatic carbocycles. The fourth-order valence-electron chi connectivity index (χ4n) is 2.43. The van der Waals surface area contributed by atoms with Gasteiger partial charge in [-0.1, -0.05) is 5.16 Å². The van der Waals surface area contributed by atoms with Crippen LogP contribution in [0.4, 0.5) is 5.69 Å². The molecule has 0 N–H and O–H groups in total. The summed E-state index contributed by atoms with van der Waals surface area (Å²) in [6, 6.07) is 5.87. The topological polar surface area (TPSA) is 59.2 Å². The number of ketones is 1. The number of nitrogens with zero attached hydrogens (tertiary/aromatic N) is 3. The number of carbonyl (C=O) groups excluding carboxylic acids is 1. The number of carbonyl (C=O) groups is 1. The molecule has 0 radical (unpaired) electrons. The molecule has 0 bridgehead atoms. The fourth-order valence-corrected chi connectivity index (χ4v) is 2.43. The molecule has 5 heteroatoms. The van der Waals surface area contributed by atoms with Crippen LogP contribution in [0.5, 0.6) is 0 Å². The first-order valence-corrected chi connectivity index (χ1v) is 6.31. The van der Waals surface area contributed by atoms with Gasteiger partial charge in [0.05, 0.1) is 6.54 Å². The Balaban J connectivity index is 1.84. The van der Waals surface area contributed by atoms with Gasteiger partial charge in [0.2, 0.25) is 5.89 Å². The number of hydrogen-bond donors (Lipinski definition) is 0. The molecule has 2 aromatic rings. The van der Waals surface area contributed by atoms with Crippen LogP contribution < -0.4 is 4.90 Å². The standard InChI is InChI=1S/C14H15N3O2/c1-9(18)11-3-4-13-12(7-11)5-6-17(13)8-14-15-10(2)19-16-14/h3-4,7H,5-6,8H2,1-2H3. The Kier molecular flexibility index (Phi) is 2.81. The van der Waals surface area contributed by atoms with Crippen molar-refractivity contribution in [2.45, 2.75) is 26.8 Å². The highest BCUT2D eigenvalue weighted by Crippen LogP contribution is 2.29. The number of aryl methyl sites for hydroxylation is 1. The molecule has 0 amide bonds. The maximum absolute atomic E-state index is 11.4. The highest BCUT2D eigenvalue weighted by molar-refractivity contribution is 5.94. The monoisotopic (exact) mass is 257 g/mol. The number of anilines is 1. The van der Waals surface area contributed by atoms with Crippen molar-refractivity contribution >= 4 is 11.5 Å². The van der Waals surface area contributed by atoms with E-state index in [0.29, 0.717) is 18.3 Å². The average molecular weight is 257 g/mol. The molecule has 19 heavy (non-hydrogen) atoms. The largest absolute Gasteiger partial charge is 0.363 e. The molecule has 0 unspecified atom stereocenters. The van der Waals surface area contributed by atoms with E-state index in [2.05, 4.69) is 15.0 Å². The molecule has 0 atom stereocenters. The van der Waals surface area contributed by atoms with E-state index in [-0.39, 0.29) is 5.78 Å². The van der Waals surface area contributed by atoms with Gasteiger partial charge >= 0.3 is 0 Å². The molecular weight excluding hydrogens is 242 g/mol. The van der Waals surface area contributed by atoms with Gasteiger partial charge in [-0.15, -0.1) is 0 Å². The summed E-state index contributed by atoms with van der Waals surface area (Å²) in [5.74, 6) is 1.39. The van der Waals surface area contributed by atoms with Crippen LogP contribution in [0, 0.1) is 6.92 Å². The number of Topliss-reactive ketones (excluding diaryl/α,β-unsaturated/α-hetero) is 1. The van der Waals surface area contributed by atoms with Gasteiger partial charge in [0.1, 0.15) is 0 Å². The molecule has 3 rings (SSSR count). The number of hydrogen-bond acceptors (Lipinski definition) is 5. The Morgan fingerprint density at radius 1 is 1.47 bits per heavy atom. The number of aromatic nitrogens is 2. The average Bonchev–Trinajstić information content (AvgIpc) is 2.96. The molecule has 1 aliphatic rings. The lowest BCUT2D eigenvalue weighted by Crippen LogP contribution is -2.20. The Morgan fingerprint density at radius 2 is 2.32 bits per heavy atom. The molecule has 2 heterocycles. The molecule has 1 aromatic carbocycles. The van der Waals surface area contributed by atoms with Crippen LogP contribution in [0.2, 0.25) is 0 Å². The summed E-state index contributed by atoms with van der Waals surface area (Å²) in [7, 11) is 0. The zero-order valence-electron chi connectivity index (χ0n) is 11.0. The van der Waals surface area contributed by atoms with Gasteiger partial charge in [0, 0.05) is 24.7 Å². The smallest absolute Gasteiger partial charge is 0.223 e. The van der Waals surface area contributed by atoms with E-state index in [1.165, 1.54) is 5.56 Å². The molecule has 98 valence electrons. The highest BCUT2D eigenvalue weighted by atomic mass is 16.5. The first kappa shape index (κ1) is 11.9. The normalized spacial score (nSPS) is 13.7. The Labute approximate surface area is 111 Å². The first-order valence-electron chi connectivity index (χ1n) is 6.31. The first-order chi connectivity index (χ1) is 9.13. The third-order valence-electron chi connectivity index (χ3n) is 3.38. The van der Waals surface area contributed by atoms with Crippen LogP contribution in [-0.2, 0) is 13.0 Å². The van der Waals surface area contributed by atoms with Crippen LogP contribution in [0.1, 0.15) is 34.6 Å². The molecule has 0 saturated carbocycles. The lowest BCUT2D eigenvalue weighted by atomic mass is 10.1. The third-order valence-corrected chi connectivity index (χ3v) is 3.38. The van der Waals surface area contributed by atoms with Gasteiger partial charge in [-0.25, -0.2) is 0 Å². The van der Waals surface area contributed by atoms with Crippen molar-refractivity contribution in [2.75, 3.05) is 11.4 Å². The minimum Gasteiger partial charge on any atom is -0.363 e. The van der Waals surface area contributed by atoms with Crippen molar-refractivity contribution < 1.29 is 9.32 Å². The molecule has 0 saturated heterocycles. The molecular formula is C14H15N3O2. The lowest BCUT2D eigenvalue weighted by Gasteiger charge is -2.17. The zero-order chi connectivity index (χ0) is 13.4. The third kappa shape index (κ3) is 2.23. The minimum absolute atomic E-state index is 0.107. The summed E-state index contributed by atoms with van der Waals surface area (Å²) >= 11 is 0. The fraction of sp³-hybridized carbons (Fsp3) is 0.357. The SMILES string of the molecule is CC(=O)c1ccc2c(c1)CCN2Cc1noc(C)n1. The quantitative estimate of drug-likeness (QED) is 0.788. The van der Waals surface area contributed by atoms with E-state index >= 15 is 0 Å². The van der Waals surface area contributed by atoms with E-state index in [9.17, 15) is 4.79 Å². The van der Waals surface area contributed by atoms with Crippen molar-refractivity contribution in [2.24, 2.45) is 0 Å². The van der Waals surface area contributed by atoms with E-state index in [0.717, 1.165) is 24.2 Å². The summed E-state index contributed by atoms with van der Waals surface area (Å²) in [5.41, 5.74) is 3.15. The van der Waals surface area contributed by atoms with Crippen LogP contribution in [0.25, 0.3) is 0 Å². The van der Waals surface area contributed by atoms with Gasteiger partial charge in [-0.2, -0.15) is 4.98 Å². The van der Waals surface area contributed by atoms with Crippen molar-refractivity contribution in [1.82, 2.24) is 10.1 Å². The van der Waals surface area contributed by atoms with Gasteiger partial charge in [-0.05, 0) is 37.1 Å². The summed E-state index contributed by atoms with van der Waals surface area (Å²) in [6.45, 7) is 4.94. The Bertz CT molecular complexity index is 633. The van der Waals surface area contributed by atoms with E-state index in [1.54, 1.807) is 13.8 Å². The highest BCUT2D eigenvalue weighted by Gasteiger charge is 2.21. The maximum Gasteiger partial charge on any atom is 0.223 e. The predicted molar refractivity (Wildman–Crippen MR) is 70.2 cm³/mol. The summed E-state index contributed by atoms with van der Waals surface area (Å²) in [4.78, 5) is 17.8. The minimum atomic E-state index is 0.107. The molecule has 5 nitrogen and oxygen atoms in total. The summed E-state index contributed by atoms with van der Waals surface area (Å²) in [5, 5.41) is 3.92. The van der Waals surface area contributed by atoms with Gasteiger partial charge in [0.25, 0.3) is 0 Å². The van der Waals surface area contributed by atoms with Crippen LogP contribution >= 0.6 is 0 Å². The lowest BCUT2D eigenvalue weighted by molar-refractivity contribution is 0.101. The van der Waals surface area contributed by atoms with Crippen molar-refractivity contribution in [3.8, 4) is 0 Å². The number of benzene rings is 1. The number of fused-ring (bicyclic) bond motifs is 1. The Morgan fingerprint density at radius 3 is 3.00 bits per heavy atom. The van der Waals surface area contributed by atoms with Crippen LogP contribution in [0.15, 0.2) is 22.7 Å². The second-order valence-corrected chi connectivity index (χ2v) is 4.80. The molecule has 0 fully saturated rings. The van der Waals surface area contributed by atoms with Crippen LogP contribution in [-0.4, -0.2) is 22.5 Å². The second kappa shape index (κ2) is 4.50. The summed E-state index contributed by atoms with van der Waals surface area (Å²) in [6.07, 6.45) is 0.952. The van der Waals surface area contributed by atoms with Crippen molar-refractivity contribution in [1.29, 1.82) is 0 Å². The second-order valence-electron chi connectivity index (χ2n) is 4.80. The van der Waals surface area contributed by atoms with Gasteiger partial charge in [0.15, 0.2) is 11.6 Å². The zero-order valence-corrected chi connectivity index (χ0v) is 11.0. The van der Waals surface area contributed by atoms with E-state index in [1.807, 2.05) is 18.2 Å².